The van der Waals surface area contributed by atoms with E-state index in [4.69, 9.17) is 11.6 Å². The van der Waals surface area contributed by atoms with Crippen molar-refractivity contribution in [3.63, 3.8) is 0 Å². The number of para-hydroxylation sites is 1. The quantitative estimate of drug-likeness (QED) is 0.868. The van der Waals surface area contributed by atoms with Gasteiger partial charge in [-0.1, -0.05) is 29.8 Å². The lowest BCUT2D eigenvalue weighted by Gasteiger charge is -2.09. The molecule has 5 heteroatoms. The van der Waals surface area contributed by atoms with E-state index in [2.05, 4.69) is 10.6 Å². The van der Waals surface area contributed by atoms with Crippen molar-refractivity contribution in [2.75, 3.05) is 17.2 Å². The van der Waals surface area contributed by atoms with Gasteiger partial charge in [-0.05, 0) is 36.8 Å². The molecular formula is C16H16ClFN2O. The van der Waals surface area contributed by atoms with E-state index in [0.29, 0.717) is 22.9 Å². The maximum atomic E-state index is 13.4. The van der Waals surface area contributed by atoms with Gasteiger partial charge in [-0.2, -0.15) is 0 Å². The van der Waals surface area contributed by atoms with Gasteiger partial charge in [0.15, 0.2) is 0 Å². The van der Waals surface area contributed by atoms with Crippen LogP contribution >= 0.6 is 11.6 Å². The zero-order valence-corrected chi connectivity index (χ0v) is 12.4. The molecule has 3 nitrogen and oxygen atoms in total. The second-order valence-electron chi connectivity index (χ2n) is 4.67. The predicted molar refractivity (Wildman–Crippen MR) is 84.3 cm³/mol. The third kappa shape index (κ3) is 4.46. The molecule has 1 amide bonds. The van der Waals surface area contributed by atoms with Crippen LogP contribution in [0.4, 0.5) is 15.8 Å². The van der Waals surface area contributed by atoms with Gasteiger partial charge in [0.25, 0.3) is 0 Å². The van der Waals surface area contributed by atoms with E-state index in [1.165, 1.54) is 6.07 Å². The SMILES string of the molecule is Cc1ccc(NC(=O)CCNc2ccccc2F)cc1Cl. The van der Waals surface area contributed by atoms with E-state index in [0.717, 1.165) is 5.56 Å². The van der Waals surface area contributed by atoms with Gasteiger partial charge >= 0.3 is 0 Å². The summed E-state index contributed by atoms with van der Waals surface area (Å²) >= 11 is 5.99. The van der Waals surface area contributed by atoms with Gasteiger partial charge in [0.2, 0.25) is 5.91 Å². The Labute approximate surface area is 128 Å². The van der Waals surface area contributed by atoms with Crippen molar-refractivity contribution in [1.82, 2.24) is 0 Å². The molecule has 0 atom stereocenters. The minimum atomic E-state index is -0.330. The van der Waals surface area contributed by atoms with Gasteiger partial charge in [-0.15, -0.1) is 0 Å². The van der Waals surface area contributed by atoms with E-state index in [9.17, 15) is 9.18 Å². The number of benzene rings is 2. The van der Waals surface area contributed by atoms with Crippen molar-refractivity contribution >= 4 is 28.9 Å². The molecule has 0 unspecified atom stereocenters. The molecule has 0 heterocycles. The molecule has 2 aromatic rings. The first-order valence-electron chi connectivity index (χ1n) is 6.60. The fourth-order valence-electron chi connectivity index (χ4n) is 1.81. The highest BCUT2D eigenvalue weighted by Gasteiger charge is 2.05. The van der Waals surface area contributed by atoms with Crippen molar-refractivity contribution in [3.8, 4) is 0 Å². The Kier molecular flexibility index (Phi) is 5.17. The van der Waals surface area contributed by atoms with Crippen LogP contribution in [-0.4, -0.2) is 12.5 Å². The fraction of sp³-hybridized carbons (Fsp3) is 0.188. The number of halogens is 2. The van der Waals surface area contributed by atoms with E-state index < -0.39 is 0 Å². The Morgan fingerprint density at radius 2 is 2.00 bits per heavy atom. The first-order chi connectivity index (χ1) is 10.1. The average Bonchev–Trinajstić information content (AvgIpc) is 2.45. The van der Waals surface area contributed by atoms with Crippen LogP contribution in [0.1, 0.15) is 12.0 Å². The van der Waals surface area contributed by atoms with E-state index in [-0.39, 0.29) is 18.1 Å². The molecule has 0 bridgehead atoms. The number of aryl methyl sites for hydroxylation is 1. The van der Waals surface area contributed by atoms with Gasteiger partial charge in [0, 0.05) is 23.7 Å². The summed E-state index contributed by atoms with van der Waals surface area (Å²) < 4.78 is 13.4. The molecule has 2 N–H and O–H groups in total. The van der Waals surface area contributed by atoms with Crippen molar-refractivity contribution < 1.29 is 9.18 Å². The minimum absolute atomic E-state index is 0.154. The summed E-state index contributed by atoms with van der Waals surface area (Å²) in [6, 6.07) is 11.7. The maximum Gasteiger partial charge on any atom is 0.226 e. The van der Waals surface area contributed by atoms with Crippen LogP contribution in [-0.2, 0) is 4.79 Å². The number of carbonyl (C=O) groups excluding carboxylic acids is 1. The number of hydrogen-bond donors (Lipinski definition) is 2. The van der Waals surface area contributed by atoms with E-state index in [1.54, 1.807) is 30.3 Å². The number of amides is 1. The zero-order chi connectivity index (χ0) is 15.2. The zero-order valence-electron chi connectivity index (χ0n) is 11.6. The second kappa shape index (κ2) is 7.09. The Morgan fingerprint density at radius 3 is 2.71 bits per heavy atom. The largest absolute Gasteiger partial charge is 0.382 e. The van der Waals surface area contributed by atoms with Gasteiger partial charge < -0.3 is 10.6 Å². The van der Waals surface area contributed by atoms with Gasteiger partial charge in [0.1, 0.15) is 5.82 Å². The molecule has 0 fully saturated rings. The molecule has 0 radical (unpaired) electrons. The second-order valence-corrected chi connectivity index (χ2v) is 5.08. The summed E-state index contributed by atoms with van der Waals surface area (Å²) in [6.45, 7) is 2.25. The lowest BCUT2D eigenvalue weighted by Crippen LogP contribution is -2.16. The molecule has 0 aliphatic heterocycles. The number of nitrogens with one attached hydrogen (secondary N) is 2. The highest BCUT2D eigenvalue weighted by atomic mass is 35.5. The van der Waals surface area contributed by atoms with Crippen molar-refractivity contribution in [2.45, 2.75) is 13.3 Å². The summed E-state index contributed by atoms with van der Waals surface area (Å²) in [4.78, 5) is 11.8. The number of hydrogen-bond acceptors (Lipinski definition) is 2. The topological polar surface area (TPSA) is 41.1 Å². The van der Waals surface area contributed by atoms with Crippen LogP contribution in [0.25, 0.3) is 0 Å². The van der Waals surface area contributed by atoms with Crippen LogP contribution in [0, 0.1) is 12.7 Å². The molecular weight excluding hydrogens is 291 g/mol. The highest BCUT2D eigenvalue weighted by Crippen LogP contribution is 2.20. The summed E-state index contributed by atoms with van der Waals surface area (Å²) in [6.07, 6.45) is 0.236. The summed E-state index contributed by atoms with van der Waals surface area (Å²) in [5, 5.41) is 6.25. The molecule has 0 aromatic heterocycles. The normalized spacial score (nSPS) is 10.2. The molecule has 0 aliphatic carbocycles. The Hall–Kier alpha value is -2.07. The lowest BCUT2D eigenvalue weighted by atomic mass is 10.2. The molecule has 110 valence electrons. The molecule has 0 saturated carbocycles. The summed E-state index contributed by atoms with van der Waals surface area (Å²) in [5.41, 5.74) is 2.00. The molecule has 0 aliphatic rings. The first kappa shape index (κ1) is 15.3. The van der Waals surface area contributed by atoms with Gasteiger partial charge in [0.05, 0.1) is 5.69 Å². The standard InChI is InChI=1S/C16H16ClFN2O/c1-11-6-7-12(10-13(11)17)20-16(21)8-9-19-15-5-3-2-4-14(15)18/h2-7,10,19H,8-9H2,1H3,(H,20,21). The van der Waals surface area contributed by atoms with Crippen molar-refractivity contribution in [2.24, 2.45) is 0 Å². The Balaban J connectivity index is 1.82. The number of rotatable bonds is 5. The Morgan fingerprint density at radius 1 is 1.24 bits per heavy atom. The van der Waals surface area contributed by atoms with Crippen molar-refractivity contribution in [1.29, 1.82) is 0 Å². The predicted octanol–water partition coefficient (Wildman–Crippen LogP) is 4.23. The van der Waals surface area contributed by atoms with Crippen LogP contribution in [0.2, 0.25) is 5.02 Å². The number of carbonyl (C=O) groups is 1. The van der Waals surface area contributed by atoms with Gasteiger partial charge in [-0.3, -0.25) is 4.79 Å². The molecule has 21 heavy (non-hydrogen) atoms. The summed E-state index contributed by atoms with van der Waals surface area (Å²) in [7, 11) is 0. The summed E-state index contributed by atoms with van der Waals surface area (Å²) in [5.74, 6) is -0.484. The maximum absolute atomic E-state index is 13.4. The molecule has 0 saturated heterocycles. The monoisotopic (exact) mass is 306 g/mol. The minimum Gasteiger partial charge on any atom is -0.382 e. The van der Waals surface area contributed by atoms with Crippen LogP contribution < -0.4 is 10.6 Å². The van der Waals surface area contributed by atoms with Gasteiger partial charge in [-0.25, -0.2) is 4.39 Å². The van der Waals surface area contributed by atoms with E-state index >= 15 is 0 Å². The average molecular weight is 307 g/mol. The Bertz CT molecular complexity index is 646. The lowest BCUT2D eigenvalue weighted by molar-refractivity contribution is -0.115. The van der Waals surface area contributed by atoms with Crippen LogP contribution in [0.3, 0.4) is 0 Å². The van der Waals surface area contributed by atoms with Crippen LogP contribution in [0.15, 0.2) is 42.5 Å². The van der Waals surface area contributed by atoms with Crippen LogP contribution in [0.5, 0.6) is 0 Å². The molecule has 2 rings (SSSR count). The molecule has 0 spiro atoms. The third-order valence-corrected chi connectivity index (χ3v) is 3.40. The third-order valence-electron chi connectivity index (χ3n) is 3.00. The van der Waals surface area contributed by atoms with Crippen molar-refractivity contribution in [3.05, 3.63) is 58.9 Å². The first-order valence-corrected chi connectivity index (χ1v) is 6.98. The smallest absolute Gasteiger partial charge is 0.226 e. The highest BCUT2D eigenvalue weighted by molar-refractivity contribution is 6.31. The number of anilines is 2. The fourth-order valence-corrected chi connectivity index (χ4v) is 1.99. The van der Waals surface area contributed by atoms with E-state index in [1.807, 2.05) is 13.0 Å². The molecule has 2 aromatic carbocycles.